The molecule has 1 aromatic rings. The van der Waals surface area contributed by atoms with Gasteiger partial charge in [-0.2, -0.15) is 0 Å². The first-order valence-electron chi connectivity index (χ1n) is 7.94. The Bertz CT molecular complexity index is 550. The molecule has 2 aliphatic rings. The van der Waals surface area contributed by atoms with E-state index < -0.39 is 0 Å². The van der Waals surface area contributed by atoms with E-state index in [9.17, 15) is 9.18 Å². The summed E-state index contributed by atoms with van der Waals surface area (Å²) >= 11 is 0. The monoisotopic (exact) mass is 326 g/mol. The van der Waals surface area contributed by atoms with E-state index in [0.29, 0.717) is 31.0 Å². The zero-order valence-electron chi connectivity index (χ0n) is 13.0. The molecule has 1 saturated carbocycles. The second-order valence-electron chi connectivity index (χ2n) is 6.53. The second kappa shape index (κ2) is 7.42. The number of hydrogen-bond acceptors (Lipinski definition) is 2. The van der Waals surface area contributed by atoms with Gasteiger partial charge in [0.15, 0.2) is 0 Å². The first-order valence-corrected chi connectivity index (χ1v) is 7.94. The highest BCUT2D eigenvalue weighted by Gasteiger charge is 2.24. The van der Waals surface area contributed by atoms with Crippen molar-refractivity contribution in [2.75, 3.05) is 11.9 Å². The number of carbonyl (C=O) groups excluding carboxylic acids is 1. The summed E-state index contributed by atoms with van der Waals surface area (Å²) in [5.41, 5.74) is 2.09. The Morgan fingerprint density at radius 2 is 2.23 bits per heavy atom. The molecular weight excluding hydrogens is 303 g/mol. The van der Waals surface area contributed by atoms with Crippen LogP contribution >= 0.6 is 12.4 Å². The van der Waals surface area contributed by atoms with Gasteiger partial charge in [0, 0.05) is 13.0 Å². The summed E-state index contributed by atoms with van der Waals surface area (Å²) < 4.78 is 14.4. The van der Waals surface area contributed by atoms with Gasteiger partial charge in [-0.25, -0.2) is 4.39 Å². The summed E-state index contributed by atoms with van der Waals surface area (Å²) in [5, 5.41) is 5.99. The summed E-state index contributed by atoms with van der Waals surface area (Å²) in [4.78, 5) is 12.1. The van der Waals surface area contributed by atoms with Crippen LogP contribution in [0.3, 0.4) is 0 Å². The van der Waals surface area contributed by atoms with Crippen molar-refractivity contribution in [3.8, 4) is 0 Å². The molecule has 1 heterocycles. The van der Waals surface area contributed by atoms with Crippen LogP contribution in [0.5, 0.6) is 0 Å². The van der Waals surface area contributed by atoms with Crippen molar-refractivity contribution in [3.05, 3.63) is 29.1 Å². The average molecular weight is 327 g/mol. The van der Waals surface area contributed by atoms with Gasteiger partial charge in [-0.15, -0.1) is 12.4 Å². The Kier molecular flexibility index (Phi) is 5.81. The molecule has 0 spiro atoms. The van der Waals surface area contributed by atoms with Gasteiger partial charge in [0.05, 0.1) is 5.69 Å². The third-order valence-electron chi connectivity index (χ3n) is 4.76. The minimum atomic E-state index is -0.248. The summed E-state index contributed by atoms with van der Waals surface area (Å²) in [6, 6.07) is 3.61. The standard InChI is InChI=1S/C17H23FN2O.ClH/c1-11-2-3-12(8-11)9-16(21)20-15-5-4-13-10-19-7-6-14(13)17(15)18;/h4-5,11-12,19H,2-3,6-10H2,1H3,(H,20,21);1H. The number of carbonyl (C=O) groups is 1. The topological polar surface area (TPSA) is 41.1 Å². The molecular formula is C17H24ClFN2O. The van der Waals surface area contributed by atoms with Crippen molar-refractivity contribution in [1.82, 2.24) is 5.32 Å². The zero-order valence-corrected chi connectivity index (χ0v) is 13.8. The summed E-state index contributed by atoms with van der Waals surface area (Å²) in [6.45, 7) is 3.73. The molecule has 3 nitrogen and oxygen atoms in total. The lowest BCUT2D eigenvalue weighted by atomic mass is 9.99. The van der Waals surface area contributed by atoms with E-state index in [1.165, 1.54) is 6.42 Å². The Labute approximate surface area is 137 Å². The van der Waals surface area contributed by atoms with Crippen molar-refractivity contribution in [2.45, 2.75) is 45.6 Å². The number of halogens is 2. The number of nitrogens with one attached hydrogen (secondary N) is 2. The van der Waals surface area contributed by atoms with E-state index in [-0.39, 0.29) is 24.1 Å². The average Bonchev–Trinajstić information content (AvgIpc) is 2.87. The van der Waals surface area contributed by atoms with Crippen LogP contribution in [-0.4, -0.2) is 12.5 Å². The molecule has 1 aromatic carbocycles. The molecule has 0 aromatic heterocycles. The summed E-state index contributed by atoms with van der Waals surface area (Å²) in [7, 11) is 0. The van der Waals surface area contributed by atoms with E-state index in [0.717, 1.165) is 36.4 Å². The van der Waals surface area contributed by atoms with Crippen LogP contribution in [0.4, 0.5) is 10.1 Å². The molecule has 1 aliphatic heterocycles. The molecule has 5 heteroatoms. The third kappa shape index (κ3) is 3.79. The first kappa shape index (κ1) is 17.2. The predicted octanol–water partition coefficient (Wildman–Crippen LogP) is 3.66. The van der Waals surface area contributed by atoms with Crippen LogP contribution in [0.1, 0.15) is 43.7 Å². The van der Waals surface area contributed by atoms with Gasteiger partial charge in [-0.05, 0) is 54.8 Å². The zero-order chi connectivity index (χ0) is 14.8. The van der Waals surface area contributed by atoms with E-state index in [4.69, 9.17) is 0 Å². The number of rotatable bonds is 3. The fraction of sp³-hybridized carbons (Fsp3) is 0.588. The Morgan fingerprint density at radius 1 is 1.41 bits per heavy atom. The van der Waals surface area contributed by atoms with Gasteiger partial charge in [0.2, 0.25) is 5.91 Å². The maximum absolute atomic E-state index is 14.4. The normalized spacial score (nSPS) is 23.5. The van der Waals surface area contributed by atoms with E-state index >= 15 is 0 Å². The van der Waals surface area contributed by atoms with Crippen LogP contribution in [0, 0.1) is 17.7 Å². The molecule has 3 rings (SSSR count). The maximum Gasteiger partial charge on any atom is 0.224 e. The molecule has 2 unspecified atom stereocenters. The summed E-state index contributed by atoms with van der Waals surface area (Å²) in [5.74, 6) is 0.879. The molecule has 1 amide bonds. The van der Waals surface area contributed by atoms with Crippen LogP contribution in [0.15, 0.2) is 12.1 Å². The van der Waals surface area contributed by atoms with Gasteiger partial charge in [0.25, 0.3) is 0 Å². The SMILES string of the molecule is CC1CCC(CC(=O)Nc2ccc3c(c2F)CCNC3)C1.Cl. The van der Waals surface area contributed by atoms with Crippen molar-refractivity contribution in [3.63, 3.8) is 0 Å². The number of anilines is 1. The van der Waals surface area contributed by atoms with E-state index in [1.807, 2.05) is 6.07 Å². The minimum absolute atomic E-state index is 0. The van der Waals surface area contributed by atoms with E-state index in [1.54, 1.807) is 6.07 Å². The number of hydrogen-bond donors (Lipinski definition) is 2. The van der Waals surface area contributed by atoms with Crippen molar-refractivity contribution in [2.24, 2.45) is 11.8 Å². The van der Waals surface area contributed by atoms with Crippen molar-refractivity contribution >= 4 is 24.0 Å². The lowest BCUT2D eigenvalue weighted by molar-refractivity contribution is -0.117. The van der Waals surface area contributed by atoms with Gasteiger partial charge in [-0.1, -0.05) is 19.4 Å². The fourth-order valence-electron chi connectivity index (χ4n) is 3.60. The molecule has 0 radical (unpaired) electrons. The van der Waals surface area contributed by atoms with Crippen LogP contribution in [-0.2, 0) is 17.8 Å². The molecule has 0 saturated heterocycles. The Hall–Kier alpha value is -1.13. The first-order chi connectivity index (χ1) is 10.1. The number of fused-ring (bicyclic) bond motifs is 1. The smallest absolute Gasteiger partial charge is 0.224 e. The highest BCUT2D eigenvalue weighted by molar-refractivity contribution is 5.91. The van der Waals surface area contributed by atoms with Gasteiger partial charge >= 0.3 is 0 Å². The predicted molar refractivity (Wildman–Crippen MR) is 88.8 cm³/mol. The maximum atomic E-state index is 14.4. The van der Waals surface area contributed by atoms with Crippen molar-refractivity contribution in [1.29, 1.82) is 0 Å². The highest BCUT2D eigenvalue weighted by Crippen LogP contribution is 2.33. The Morgan fingerprint density at radius 3 is 2.95 bits per heavy atom. The fourth-order valence-corrected chi connectivity index (χ4v) is 3.60. The number of amides is 1. The van der Waals surface area contributed by atoms with E-state index in [2.05, 4.69) is 17.6 Å². The van der Waals surface area contributed by atoms with Gasteiger partial charge < -0.3 is 10.6 Å². The summed E-state index contributed by atoms with van der Waals surface area (Å²) in [6.07, 6.45) is 4.64. The lowest BCUT2D eigenvalue weighted by Gasteiger charge is -2.19. The Balaban J connectivity index is 0.00000176. The third-order valence-corrected chi connectivity index (χ3v) is 4.76. The van der Waals surface area contributed by atoms with Gasteiger partial charge in [0.1, 0.15) is 5.82 Å². The lowest BCUT2D eigenvalue weighted by Crippen LogP contribution is -2.25. The van der Waals surface area contributed by atoms with Crippen LogP contribution in [0.25, 0.3) is 0 Å². The van der Waals surface area contributed by atoms with Gasteiger partial charge in [-0.3, -0.25) is 4.79 Å². The molecule has 1 aliphatic carbocycles. The largest absolute Gasteiger partial charge is 0.324 e. The van der Waals surface area contributed by atoms with Crippen LogP contribution in [0.2, 0.25) is 0 Å². The van der Waals surface area contributed by atoms with Crippen molar-refractivity contribution < 1.29 is 9.18 Å². The quantitative estimate of drug-likeness (QED) is 0.890. The molecule has 2 atom stereocenters. The highest BCUT2D eigenvalue weighted by atomic mass is 35.5. The minimum Gasteiger partial charge on any atom is -0.324 e. The van der Waals surface area contributed by atoms with Crippen LogP contribution < -0.4 is 10.6 Å². The molecule has 0 bridgehead atoms. The second-order valence-corrected chi connectivity index (χ2v) is 6.53. The molecule has 22 heavy (non-hydrogen) atoms. The number of benzene rings is 1. The molecule has 2 N–H and O–H groups in total. The molecule has 122 valence electrons. The molecule has 1 fully saturated rings.